The molecule has 1 fully saturated rings. The second-order valence-corrected chi connectivity index (χ2v) is 6.30. The molecule has 0 radical (unpaired) electrons. The summed E-state index contributed by atoms with van der Waals surface area (Å²) in [5.41, 5.74) is 0.656. The molecule has 2 aromatic rings. The van der Waals surface area contributed by atoms with Crippen LogP contribution in [0.3, 0.4) is 0 Å². The number of carboxylic acid groups (broad SMARTS) is 1. The molecule has 0 amide bonds. The first kappa shape index (κ1) is 20.6. The Kier molecular flexibility index (Phi) is 6.37. The van der Waals surface area contributed by atoms with E-state index in [9.17, 15) is 18.0 Å². The fraction of sp³-hybridized carbons (Fsp3) is 0.389. The van der Waals surface area contributed by atoms with E-state index in [-0.39, 0.29) is 17.8 Å². The summed E-state index contributed by atoms with van der Waals surface area (Å²) in [5.74, 6) is -1.07. The Morgan fingerprint density at radius 1 is 1.28 bits per heavy atom. The molecule has 11 heteroatoms. The monoisotopic (exact) mass is 412 g/mol. The lowest BCUT2D eigenvalue weighted by molar-refractivity contribution is -0.274. The predicted octanol–water partition coefficient (Wildman–Crippen LogP) is 3.13. The lowest BCUT2D eigenvalue weighted by Crippen LogP contribution is -2.20. The molecular weight excluding hydrogens is 393 g/mol. The van der Waals surface area contributed by atoms with Crippen molar-refractivity contribution < 1.29 is 32.5 Å². The zero-order valence-corrected chi connectivity index (χ0v) is 15.2. The number of benzene rings is 1. The quantitative estimate of drug-likeness (QED) is 0.607. The van der Waals surface area contributed by atoms with Gasteiger partial charge >= 0.3 is 12.3 Å². The van der Waals surface area contributed by atoms with Crippen molar-refractivity contribution in [3.8, 4) is 17.0 Å². The van der Waals surface area contributed by atoms with E-state index in [4.69, 9.17) is 9.84 Å². The Morgan fingerprint density at radius 2 is 2.10 bits per heavy atom. The van der Waals surface area contributed by atoms with Gasteiger partial charge in [0.05, 0.1) is 11.8 Å². The first-order valence-electron chi connectivity index (χ1n) is 8.85. The van der Waals surface area contributed by atoms with Crippen LogP contribution in [-0.4, -0.2) is 53.2 Å². The van der Waals surface area contributed by atoms with Gasteiger partial charge in [-0.3, -0.25) is 4.79 Å². The summed E-state index contributed by atoms with van der Waals surface area (Å²) in [6.45, 7) is 0.774. The van der Waals surface area contributed by atoms with Crippen molar-refractivity contribution in [1.29, 1.82) is 0 Å². The minimum Gasteiger partial charge on any atom is -0.480 e. The first-order valence-corrected chi connectivity index (χ1v) is 8.85. The molecule has 1 aliphatic heterocycles. The Balaban J connectivity index is 1.85. The zero-order chi connectivity index (χ0) is 20.9. The minimum absolute atomic E-state index is 0.0295. The minimum atomic E-state index is -4.81. The molecule has 156 valence electrons. The number of hydrogen-bond donors (Lipinski definition) is 3. The van der Waals surface area contributed by atoms with E-state index in [2.05, 4.69) is 25.3 Å². The van der Waals surface area contributed by atoms with Crippen LogP contribution in [-0.2, 0) is 9.53 Å². The summed E-state index contributed by atoms with van der Waals surface area (Å²) in [6, 6.07) is 6.91. The number of halogens is 3. The van der Waals surface area contributed by atoms with Gasteiger partial charge in [0.1, 0.15) is 18.1 Å². The number of anilines is 2. The van der Waals surface area contributed by atoms with Gasteiger partial charge in [0.25, 0.3) is 0 Å². The van der Waals surface area contributed by atoms with E-state index in [1.165, 1.54) is 18.2 Å². The van der Waals surface area contributed by atoms with Crippen LogP contribution in [0, 0.1) is 0 Å². The number of aromatic nitrogens is 2. The highest BCUT2D eigenvalue weighted by atomic mass is 19.4. The van der Waals surface area contributed by atoms with E-state index >= 15 is 0 Å². The third-order valence-electron chi connectivity index (χ3n) is 4.02. The number of carbonyl (C=O) groups is 1. The van der Waals surface area contributed by atoms with Crippen molar-refractivity contribution in [2.45, 2.75) is 25.3 Å². The van der Waals surface area contributed by atoms with Crippen LogP contribution in [0.15, 0.2) is 30.3 Å². The van der Waals surface area contributed by atoms with Gasteiger partial charge in [0.15, 0.2) is 0 Å². The fourth-order valence-corrected chi connectivity index (χ4v) is 2.80. The maximum absolute atomic E-state index is 12.5. The number of hydrogen-bond acceptors (Lipinski definition) is 7. The van der Waals surface area contributed by atoms with Crippen LogP contribution in [0.4, 0.5) is 24.9 Å². The third-order valence-corrected chi connectivity index (χ3v) is 4.02. The molecule has 0 bridgehead atoms. The van der Waals surface area contributed by atoms with Crippen molar-refractivity contribution in [1.82, 2.24) is 9.97 Å². The van der Waals surface area contributed by atoms with Gasteiger partial charge in [-0.25, -0.2) is 4.98 Å². The number of rotatable bonds is 8. The molecule has 0 saturated carbocycles. The lowest BCUT2D eigenvalue weighted by Gasteiger charge is -2.14. The number of alkyl halides is 3. The Bertz CT molecular complexity index is 857. The highest BCUT2D eigenvalue weighted by molar-refractivity contribution is 5.72. The van der Waals surface area contributed by atoms with Gasteiger partial charge in [0, 0.05) is 24.8 Å². The van der Waals surface area contributed by atoms with Crippen molar-refractivity contribution in [2.24, 2.45) is 0 Å². The fourth-order valence-electron chi connectivity index (χ4n) is 2.80. The van der Waals surface area contributed by atoms with E-state index in [1.807, 2.05) is 0 Å². The van der Waals surface area contributed by atoms with Crippen molar-refractivity contribution >= 4 is 17.7 Å². The van der Waals surface area contributed by atoms with Crippen LogP contribution in [0.2, 0.25) is 0 Å². The summed E-state index contributed by atoms with van der Waals surface area (Å²) >= 11 is 0. The molecule has 1 aliphatic rings. The molecule has 3 N–H and O–H groups in total. The summed E-state index contributed by atoms with van der Waals surface area (Å²) < 4.78 is 47.0. The highest BCUT2D eigenvalue weighted by Crippen LogP contribution is 2.28. The van der Waals surface area contributed by atoms with E-state index in [0.29, 0.717) is 30.2 Å². The molecule has 29 heavy (non-hydrogen) atoms. The number of aliphatic carboxylic acids is 1. The lowest BCUT2D eigenvalue weighted by atomic mass is 10.1. The summed E-state index contributed by atoms with van der Waals surface area (Å²) in [4.78, 5) is 19.2. The molecule has 3 rings (SSSR count). The molecule has 1 saturated heterocycles. The molecule has 0 unspecified atom stereocenters. The molecular formula is C18H19F3N4O4. The standard InChI is InChI=1S/C18H19F3N4O4/c19-18(20,21)29-12-4-1-3-11(7-12)14-8-15(22-9-13-5-2-6-28-13)25-17(24-14)23-10-16(26)27/h1,3-4,7-8,13H,2,5-6,9-10H2,(H,26,27)(H2,22,23,24,25)/t13-/m0/s1. The first-order chi connectivity index (χ1) is 13.8. The maximum atomic E-state index is 12.5. The average Bonchev–Trinajstić information content (AvgIpc) is 3.17. The normalized spacial score (nSPS) is 16.4. The summed E-state index contributed by atoms with van der Waals surface area (Å²) in [6.07, 6.45) is -2.90. The van der Waals surface area contributed by atoms with Crippen LogP contribution in [0.1, 0.15) is 12.8 Å². The van der Waals surface area contributed by atoms with Gasteiger partial charge in [-0.05, 0) is 25.0 Å². The van der Waals surface area contributed by atoms with Crippen LogP contribution < -0.4 is 15.4 Å². The molecule has 8 nitrogen and oxygen atoms in total. The smallest absolute Gasteiger partial charge is 0.480 e. The molecule has 1 aromatic heterocycles. The Hall–Kier alpha value is -3.08. The Morgan fingerprint density at radius 3 is 2.79 bits per heavy atom. The van der Waals surface area contributed by atoms with E-state index in [1.54, 1.807) is 12.1 Å². The number of carboxylic acids is 1. The molecule has 2 heterocycles. The van der Waals surface area contributed by atoms with Crippen molar-refractivity contribution in [2.75, 3.05) is 30.3 Å². The summed E-state index contributed by atoms with van der Waals surface area (Å²) in [7, 11) is 0. The van der Waals surface area contributed by atoms with Crippen LogP contribution in [0.5, 0.6) is 5.75 Å². The SMILES string of the molecule is O=C(O)CNc1nc(NC[C@@H]2CCCO2)cc(-c2cccc(OC(F)(F)F)c2)n1. The maximum Gasteiger partial charge on any atom is 0.573 e. The number of nitrogens with one attached hydrogen (secondary N) is 2. The van der Waals surface area contributed by atoms with Crippen LogP contribution in [0.25, 0.3) is 11.3 Å². The topological polar surface area (TPSA) is 106 Å². The van der Waals surface area contributed by atoms with E-state index in [0.717, 1.165) is 12.8 Å². The number of ether oxygens (including phenoxy) is 2. The summed E-state index contributed by atoms with van der Waals surface area (Å²) in [5, 5.41) is 14.5. The van der Waals surface area contributed by atoms with Gasteiger partial charge in [-0.2, -0.15) is 4.98 Å². The molecule has 1 aromatic carbocycles. The second kappa shape index (κ2) is 8.95. The second-order valence-electron chi connectivity index (χ2n) is 6.30. The molecule has 0 spiro atoms. The average molecular weight is 412 g/mol. The van der Waals surface area contributed by atoms with Gasteiger partial charge in [0.2, 0.25) is 5.95 Å². The van der Waals surface area contributed by atoms with Crippen molar-refractivity contribution in [3.05, 3.63) is 30.3 Å². The van der Waals surface area contributed by atoms with Crippen molar-refractivity contribution in [3.63, 3.8) is 0 Å². The Labute approximate surface area is 164 Å². The predicted molar refractivity (Wildman–Crippen MR) is 97.7 cm³/mol. The molecule has 1 atom stereocenters. The zero-order valence-electron chi connectivity index (χ0n) is 15.2. The van der Waals surface area contributed by atoms with Gasteiger partial charge in [-0.1, -0.05) is 12.1 Å². The van der Waals surface area contributed by atoms with E-state index < -0.39 is 18.9 Å². The third kappa shape index (κ3) is 6.49. The highest BCUT2D eigenvalue weighted by Gasteiger charge is 2.31. The largest absolute Gasteiger partial charge is 0.573 e. The van der Waals surface area contributed by atoms with Gasteiger partial charge < -0.3 is 25.2 Å². The molecule has 0 aliphatic carbocycles. The number of nitrogens with zero attached hydrogens (tertiary/aromatic N) is 2. The van der Waals surface area contributed by atoms with Gasteiger partial charge in [-0.15, -0.1) is 13.2 Å². The van der Waals surface area contributed by atoms with Crippen LogP contribution >= 0.6 is 0 Å².